The van der Waals surface area contributed by atoms with Crippen LogP contribution in [0.3, 0.4) is 0 Å². The second-order valence-electron chi connectivity index (χ2n) is 6.51. The van der Waals surface area contributed by atoms with E-state index in [1.807, 2.05) is 0 Å². The van der Waals surface area contributed by atoms with E-state index in [0.717, 1.165) is 21.3 Å². The smallest absolute Gasteiger partial charge is 0.293 e. The van der Waals surface area contributed by atoms with Crippen molar-refractivity contribution in [1.82, 2.24) is 20.0 Å². The van der Waals surface area contributed by atoms with Gasteiger partial charge >= 0.3 is 0 Å². The molecule has 0 bridgehead atoms. The van der Waals surface area contributed by atoms with Crippen LogP contribution in [0.2, 0.25) is 10.0 Å². The van der Waals surface area contributed by atoms with Gasteiger partial charge in [0.15, 0.2) is 0 Å². The minimum atomic E-state index is -0.538. The van der Waals surface area contributed by atoms with Crippen molar-refractivity contribution in [2.45, 2.75) is 6.54 Å². The first-order valence-corrected chi connectivity index (χ1v) is 10.9. The number of rotatable bonds is 8. The summed E-state index contributed by atoms with van der Waals surface area (Å²) >= 11 is 12.9. The molecule has 2 heterocycles. The van der Waals surface area contributed by atoms with E-state index in [0.29, 0.717) is 10.6 Å². The standard InChI is InChI=1S/C20H18Cl2N4O5S/c1-31-10-9-26-16(27)6-5-14(24-26)18(28)23-7-8-25-19(29)15(32-20(25)30)11-12-3-2-4-13(21)17(12)22/h2-6,11H,7-10H2,1H3,(H,23,28)/b15-11-. The Hall–Kier alpha value is -2.66. The number of imide groups is 1. The number of thioether (sulfide) groups is 1. The number of methoxy groups -OCH3 is 1. The molecule has 2 aromatic rings. The normalized spacial score (nSPS) is 15.0. The number of carbonyl (C=O) groups excluding carboxylic acids is 3. The lowest BCUT2D eigenvalue weighted by molar-refractivity contribution is -0.122. The SMILES string of the molecule is COCCn1nc(C(=O)NCCN2C(=O)S/C(=C\c3cccc(Cl)c3Cl)C2=O)ccc1=O. The molecule has 12 heteroatoms. The van der Waals surface area contributed by atoms with E-state index >= 15 is 0 Å². The van der Waals surface area contributed by atoms with Gasteiger partial charge in [-0.15, -0.1) is 0 Å². The molecule has 0 spiro atoms. The third-order valence-corrected chi connectivity index (χ3v) is 6.11. The number of ether oxygens (including phenoxy) is 1. The number of aromatic nitrogens is 2. The summed E-state index contributed by atoms with van der Waals surface area (Å²) < 4.78 is 6.04. The van der Waals surface area contributed by atoms with Crippen LogP contribution in [-0.2, 0) is 16.1 Å². The second-order valence-corrected chi connectivity index (χ2v) is 8.28. The van der Waals surface area contributed by atoms with Crippen LogP contribution in [0.5, 0.6) is 0 Å². The monoisotopic (exact) mass is 496 g/mol. The quantitative estimate of drug-likeness (QED) is 0.559. The fraction of sp³-hybridized carbons (Fsp3) is 0.250. The van der Waals surface area contributed by atoms with Gasteiger partial charge in [-0.1, -0.05) is 35.3 Å². The Bertz CT molecular complexity index is 1150. The zero-order chi connectivity index (χ0) is 23.3. The highest BCUT2D eigenvalue weighted by molar-refractivity contribution is 8.18. The molecule has 1 N–H and O–H groups in total. The van der Waals surface area contributed by atoms with Gasteiger partial charge in [-0.05, 0) is 35.5 Å². The first-order chi connectivity index (χ1) is 15.3. The Morgan fingerprint density at radius 3 is 2.72 bits per heavy atom. The molecule has 3 rings (SSSR count). The molecule has 0 aliphatic carbocycles. The van der Waals surface area contributed by atoms with Crippen LogP contribution in [-0.4, -0.2) is 58.5 Å². The number of nitrogens with one attached hydrogen (secondary N) is 1. The van der Waals surface area contributed by atoms with Crippen LogP contribution in [0.15, 0.2) is 40.0 Å². The van der Waals surface area contributed by atoms with E-state index in [9.17, 15) is 19.2 Å². The summed E-state index contributed by atoms with van der Waals surface area (Å²) in [5.74, 6) is -1.03. The van der Waals surface area contributed by atoms with Crippen molar-refractivity contribution in [3.63, 3.8) is 0 Å². The summed E-state index contributed by atoms with van der Waals surface area (Å²) in [6.45, 7) is 0.461. The van der Waals surface area contributed by atoms with Gasteiger partial charge in [0.2, 0.25) is 0 Å². The topological polar surface area (TPSA) is 111 Å². The lowest BCUT2D eigenvalue weighted by Gasteiger charge is -2.13. The summed E-state index contributed by atoms with van der Waals surface area (Å²) in [6, 6.07) is 7.53. The first-order valence-electron chi connectivity index (χ1n) is 9.36. The average Bonchev–Trinajstić information content (AvgIpc) is 3.03. The molecule has 1 aliphatic heterocycles. The van der Waals surface area contributed by atoms with Crippen molar-refractivity contribution in [2.75, 3.05) is 26.8 Å². The van der Waals surface area contributed by atoms with Crippen LogP contribution >= 0.6 is 35.0 Å². The van der Waals surface area contributed by atoms with Gasteiger partial charge in [0.05, 0.1) is 28.1 Å². The van der Waals surface area contributed by atoms with Gasteiger partial charge in [-0.25, -0.2) is 4.68 Å². The van der Waals surface area contributed by atoms with E-state index in [-0.39, 0.29) is 47.4 Å². The second kappa shape index (κ2) is 10.8. The summed E-state index contributed by atoms with van der Waals surface area (Å²) in [7, 11) is 1.49. The maximum atomic E-state index is 12.6. The van der Waals surface area contributed by atoms with E-state index in [1.54, 1.807) is 18.2 Å². The number of carbonyl (C=O) groups is 3. The van der Waals surface area contributed by atoms with Gasteiger partial charge in [0.1, 0.15) is 5.69 Å². The fourth-order valence-corrected chi connectivity index (χ4v) is 3.96. The third-order valence-electron chi connectivity index (χ3n) is 4.37. The summed E-state index contributed by atoms with van der Waals surface area (Å²) in [6.07, 6.45) is 1.50. The van der Waals surface area contributed by atoms with E-state index < -0.39 is 17.1 Å². The van der Waals surface area contributed by atoms with Gasteiger partial charge in [-0.2, -0.15) is 5.10 Å². The summed E-state index contributed by atoms with van der Waals surface area (Å²) in [5, 5.41) is 6.75. The van der Waals surface area contributed by atoms with Crippen molar-refractivity contribution in [3.05, 3.63) is 66.9 Å². The molecular weight excluding hydrogens is 479 g/mol. The summed E-state index contributed by atoms with van der Waals surface area (Å²) in [4.78, 5) is 50.2. The average molecular weight is 497 g/mol. The van der Waals surface area contributed by atoms with Gasteiger partial charge < -0.3 is 10.1 Å². The molecule has 0 radical (unpaired) electrons. The molecule has 1 fully saturated rings. The van der Waals surface area contributed by atoms with E-state index in [2.05, 4.69) is 10.4 Å². The number of benzene rings is 1. The van der Waals surface area contributed by atoms with Crippen molar-refractivity contribution in [1.29, 1.82) is 0 Å². The highest BCUT2D eigenvalue weighted by Gasteiger charge is 2.34. The van der Waals surface area contributed by atoms with Gasteiger partial charge in [-0.3, -0.25) is 24.1 Å². The van der Waals surface area contributed by atoms with Gasteiger partial charge in [0.25, 0.3) is 22.6 Å². The molecule has 1 aliphatic rings. The molecular formula is C20H18Cl2N4O5S. The highest BCUT2D eigenvalue weighted by Crippen LogP contribution is 2.34. The first kappa shape index (κ1) is 24.0. The molecule has 0 unspecified atom stereocenters. The lowest BCUT2D eigenvalue weighted by Crippen LogP contribution is -2.38. The Morgan fingerprint density at radius 1 is 1.19 bits per heavy atom. The number of halogens is 2. The molecule has 32 heavy (non-hydrogen) atoms. The zero-order valence-corrected chi connectivity index (χ0v) is 19.2. The minimum absolute atomic E-state index is 0.0148. The van der Waals surface area contributed by atoms with Crippen LogP contribution in [0, 0.1) is 0 Å². The van der Waals surface area contributed by atoms with Crippen molar-refractivity contribution in [3.8, 4) is 0 Å². The number of hydrogen-bond donors (Lipinski definition) is 1. The van der Waals surface area contributed by atoms with E-state index in [1.165, 1.54) is 25.3 Å². The maximum Gasteiger partial charge on any atom is 0.293 e. The molecule has 1 aromatic carbocycles. The molecule has 1 saturated heterocycles. The highest BCUT2D eigenvalue weighted by atomic mass is 35.5. The lowest BCUT2D eigenvalue weighted by atomic mass is 10.2. The number of nitrogens with zero attached hydrogens (tertiary/aromatic N) is 3. The molecule has 0 atom stereocenters. The number of hydrogen-bond acceptors (Lipinski definition) is 7. The van der Waals surface area contributed by atoms with Crippen LogP contribution in [0.25, 0.3) is 6.08 Å². The van der Waals surface area contributed by atoms with Crippen LogP contribution < -0.4 is 10.9 Å². The Labute approximate surface area is 197 Å². The summed E-state index contributed by atoms with van der Waals surface area (Å²) in [5.41, 5.74) is 0.195. The molecule has 0 saturated carbocycles. The minimum Gasteiger partial charge on any atom is -0.383 e. The van der Waals surface area contributed by atoms with Crippen molar-refractivity contribution < 1.29 is 19.1 Å². The Balaban J connectivity index is 1.61. The van der Waals surface area contributed by atoms with Crippen molar-refractivity contribution >= 4 is 58.1 Å². The van der Waals surface area contributed by atoms with Crippen LogP contribution in [0.1, 0.15) is 16.1 Å². The van der Waals surface area contributed by atoms with Gasteiger partial charge in [0, 0.05) is 26.3 Å². The molecule has 3 amide bonds. The van der Waals surface area contributed by atoms with E-state index in [4.69, 9.17) is 27.9 Å². The Morgan fingerprint density at radius 2 is 1.97 bits per heavy atom. The third kappa shape index (κ3) is 5.57. The largest absolute Gasteiger partial charge is 0.383 e. The molecule has 9 nitrogen and oxygen atoms in total. The Kier molecular flexibility index (Phi) is 8.08. The predicted molar refractivity (Wildman–Crippen MR) is 122 cm³/mol. The zero-order valence-electron chi connectivity index (χ0n) is 16.8. The fourth-order valence-electron chi connectivity index (χ4n) is 2.75. The molecule has 168 valence electrons. The van der Waals surface area contributed by atoms with Crippen molar-refractivity contribution in [2.24, 2.45) is 0 Å². The number of amides is 3. The predicted octanol–water partition coefficient (Wildman–Crippen LogP) is 2.66. The molecule has 1 aromatic heterocycles. The van der Waals surface area contributed by atoms with Crippen LogP contribution in [0.4, 0.5) is 4.79 Å². The maximum absolute atomic E-state index is 12.6.